The number of aliphatic hydroxyl groups excluding tert-OH is 1. The van der Waals surface area contributed by atoms with Gasteiger partial charge in [0.05, 0.1) is 23.0 Å². The number of nitrogens with zero attached hydrogens (tertiary/aromatic N) is 1. The molecule has 1 fully saturated rings. The van der Waals surface area contributed by atoms with Gasteiger partial charge in [-0.1, -0.05) is 35.9 Å². The highest BCUT2D eigenvalue weighted by atomic mass is 32.2. The Labute approximate surface area is 192 Å². The van der Waals surface area contributed by atoms with E-state index in [0.29, 0.717) is 11.5 Å². The molecular formula is C24H25NO7S. The van der Waals surface area contributed by atoms with E-state index < -0.39 is 39.7 Å². The average molecular weight is 472 g/mol. The van der Waals surface area contributed by atoms with Crippen LogP contribution in [0.4, 0.5) is 0 Å². The van der Waals surface area contributed by atoms with E-state index in [1.54, 1.807) is 48.6 Å². The number of hydrogen-bond donors (Lipinski definition) is 1. The fourth-order valence-electron chi connectivity index (χ4n) is 5.09. The lowest BCUT2D eigenvalue weighted by molar-refractivity contribution is -0.147. The second-order valence-electron chi connectivity index (χ2n) is 8.66. The molecule has 2 aromatic carbocycles. The summed E-state index contributed by atoms with van der Waals surface area (Å²) in [5.74, 6) is 0.632. The summed E-state index contributed by atoms with van der Waals surface area (Å²) in [6.07, 6.45) is 1.96. The fourth-order valence-corrected chi connectivity index (χ4v) is 6.77. The molecule has 5 rings (SSSR count). The number of benzene rings is 2. The van der Waals surface area contributed by atoms with Crippen molar-refractivity contribution in [3.05, 3.63) is 65.7 Å². The first-order chi connectivity index (χ1) is 15.7. The summed E-state index contributed by atoms with van der Waals surface area (Å²) in [6, 6.07) is 11.4. The molecule has 1 aliphatic carbocycles. The van der Waals surface area contributed by atoms with Gasteiger partial charge in [-0.15, -0.1) is 0 Å². The zero-order valence-corrected chi connectivity index (χ0v) is 19.1. The summed E-state index contributed by atoms with van der Waals surface area (Å²) in [5.41, 5.74) is 0.676. The van der Waals surface area contributed by atoms with Crippen LogP contribution in [0.25, 0.3) is 0 Å². The Bertz CT molecular complexity index is 1220. The van der Waals surface area contributed by atoms with Crippen molar-refractivity contribution in [2.24, 2.45) is 0 Å². The Morgan fingerprint density at radius 2 is 1.88 bits per heavy atom. The summed E-state index contributed by atoms with van der Waals surface area (Å²) in [4.78, 5) is 12.2. The number of esters is 1. The summed E-state index contributed by atoms with van der Waals surface area (Å²) in [5, 5.41) is 10.5. The third kappa shape index (κ3) is 3.51. The molecule has 0 radical (unpaired) electrons. The number of fused-ring (bicyclic) bond motifs is 2. The van der Waals surface area contributed by atoms with E-state index in [2.05, 4.69) is 0 Å². The maximum absolute atomic E-state index is 13.7. The van der Waals surface area contributed by atoms with Crippen molar-refractivity contribution in [1.29, 1.82) is 0 Å². The van der Waals surface area contributed by atoms with Gasteiger partial charge in [0.2, 0.25) is 16.8 Å². The standard InChI is InChI=1S/C24H25NO7S/c1-15-3-6-19(7-4-15)33(28,29)25-13-23(32-16(2)26)24(10-9-18(27)12-22(24)25)17-5-8-20-21(11-17)31-14-30-20/h3-11,18,22-23,27H,12-14H2,1-2H3/t18-,22-,23-,24-/m0/s1. The van der Waals surface area contributed by atoms with Crippen molar-refractivity contribution >= 4 is 16.0 Å². The molecule has 1 N–H and O–H groups in total. The first kappa shape index (κ1) is 21.9. The molecule has 0 saturated carbocycles. The van der Waals surface area contributed by atoms with Gasteiger partial charge >= 0.3 is 5.97 Å². The highest BCUT2D eigenvalue weighted by molar-refractivity contribution is 7.89. The minimum Gasteiger partial charge on any atom is -0.460 e. The number of sulfonamides is 1. The minimum atomic E-state index is -3.93. The van der Waals surface area contributed by atoms with Gasteiger partial charge in [0, 0.05) is 13.0 Å². The normalized spacial score (nSPS) is 28.5. The lowest BCUT2D eigenvalue weighted by Crippen LogP contribution is -2.50. The molecule has 8 nitrogen and oxygen atoms in total. The van der Waals surface area contributed by atoms with Gasteiger partial charge in [0.1, 0.15) is 6.10 Å². The predicted octanol–water partition coefficient (Wildman–Crippen LogP) is 2.29. The van der Waals surface area contributed by atoms with Crippen molar-refractivity contribution in [2.45, 2.75) is 48.8 Å². The van der Waals surface area contributed by atoms with Crippen LogP contribution in [0.2, 0.25) is 0 Å². The van der Waals surface area contributed by atoms with E-state index in [4.69, 9.17) is 14.2 Å². The van der Waals surface area contributed by atoms with E-state index in [0.717, 1.165) is 11.1 Å². The molecule has 3 aliphatic rings. The van der Waals surface area contributed by atoms with Crippen LogP contribution in [0.5, 0.6) is 11.5 Å². The lowest BCUT2D eigenvalue weighted by atomic mass is 9.68. The molecule has 0 aromatic heterocycles. The van der Waals surface area contributed by atoms with Crippen LogP contribution in [0.1, 0.15) is 24.5 Å². The zero-order valence-electron chi connectivity index (χ0n) is 18.3. The van der Waals surface area contributed by atoms with Gasteiger partial charge in [-0.3, -0.25) is 4.79 Å². The number of carbonyl (C=O) groups excluding carboxylic acids is 1. The van der Waals surface area contributed by atoms with E-state index in [1.807, 2.05) is 13.0 Å². The Balaban J connectivity index is 1.67. The lowest BCUT2D eigenvalue weighted by Gasteiger charge is -2.41. The Morgan fingerprint density at radius 1 is 1.15 bits per heavy atom. The first-order valence-electron chi connectivity index (χ1n) is 10.7. The molecule has 0 spiro atoms. The van der Waals surface area contributed by atoms with E-state index >= 15 is 0 Å². The number of ether oxygens (including phenoxy) is 3. The molecule has 1 saturated heterocycles. The number of hydrogen-bond acceptors (Lipinski definition) is 7. The first-order valence-corrected chi connectivity index (χ1v) is 12.2. The minimum absolute atomic E-state index is 0.0358. The van der Waals surface area contributed by atoms with Crippen molar-refractivity contribution in [1.82, 2.24) is 4.31 Å². The van der Waals surface area contributed by atoms with Gasteiger partial charge in [0.25, 0.3) is 0 Å². The molecule has 9 heteroatoms. The monoisotopic (exact) mass is 471 g/mol. The molecule has 4 atom stereocenters. The third-order valence-corrected chi connectivity index (χ3v) is 8.53. The zero-order chi connectivity index (χ0) is 23.4. The van der Waals surface area contributed by atoms with Crippen molar-refractivity contribution in [3.63, 3.8) is 0 Å². The molecule has 0 amide bonds. The Hall–Kier alpha value is -2.88. The summed E-state index contributed by atoms with van der Waals surface area (Å²) >= 11 is 0. The topological polar surface area (TPSA) is 102 Å². The molecule has 2 aliphatic heterocycles. The van der Waals surface area contributed by atoms with Gasteiger partial charge in [-0.05, 0) is 43.2 Å². The van der Waals surface area contributed by atoms with E-state index in [-0.39, 0.29) is 24.7 Å². The summed E-state index contributed by atoms with van der Waals surface area (Å²) in [6.45, 7) is 3.26. The molecule has 2 heterocycles. The molecule has 33 heavy (non-hydrogen) atoms. The average Bonchev–Trinajstić information content (AvgIpc) is 3.36. The van der Waals surface area contributed by atoms with Crippen LogP contribution in [0.3, 0.4) is 0 Å². The molecular weight excluding hydrogens is 446 g/mol. The number of aryl methyl sites for hydroxylation is 1. The number of carbonyl (C=O) groups is 1. The molecule has 2 aromatic rings. The fraction of sp³-hybridized carbons (Fsp3) is 0.375. The van der Waals surface area contributed by atoms with Crippen molar-refractivity contribution in [2.75, 3.05) is 13.3 Å². The third-order valence-electron chi connectivity index (χ3n) is 6.64. The van der Waals surface area contributed by atoms with Crippen LogP contribution in [-0.2, 0) is 25.0 Å². The van der Waals surface area contributed by atoms with Crippen LogP contribution >= 0.6 is 0 Å². The van der Waals surface area contributed by atoms with Crippen LogP contribution in [0, 0.1) is 6.92 Å². The largest absolute Gasteiger partial charge is 0.460 e. The second kappa shape index (κ2) is 7.86. The second-order valence-corrected chi connectivity index (χ2v) is 10.6. The van der Waals surface area contributed by atoms with Crippen molar-refractivity contribution < 1.29 is 32.5 Å². The maximum atomic E-state index is 13.7. The Kier molecular flexibility index (Phi) is 5.23. The summed E-state index contributed by atoms with van der Waals surface area (Å²) in [7, 11) is -3.93. The van der Waals surface area contributed by atoms with E-state index in [9.17, 15) is 18.3 Å². The molecule has 0 bridgehead atoms. The van der Waals surface area contributed by atoms with Crippen LogP contribution in [-0.4, -0.2) is 55.4 Å². The van der Waals surface area contributed by atoms with Crippen LogP contribution in [0.15, 0.2) is 59.5 Å². The van der Waals surface area contributed by atoms with E-state index in [1.165, 1.54) is 11.2 Å². The molecule has 0 unspecified atom stereocenters. The summed E-state index contributed by atoms with van der Waals surface area (Å²) < 4.78 is 45.5. The van der Waals surface area contributed by atoms with Gasteiger partial charge in [0.15, 0.2) is 11.5 Å². The highest BCUT2D eigenvalue weighted by Crippen LogP contribution is 2.50. The maximum Gasteiger partial charge on any atom is 0.302 e. The molecule has 174 valence electrons. The predicted molar refractivity (Wildman–Crippen MR) is 118 cm³/mol. The highest BCUT2D eigenvalue weighted by Gasteiger charge is 2.60. The van der Waals surface area contributed by atoms with Crippen LogP contribution < -0.4 is 9.47 Å². The smallest absolute Gasteiger partial charge is 0.302 e. The van der Waals surface area contributed by atoms with Crippen molar-refractivity contribution in [3.8, 4) is 11.5 Å². The van der Waals surface area contributed by atoms with Gasteiger partial charge < -0.3 is 19.3 Å². The Morgan fingerprint density at radius 3 is 2.61 bits per heavy atom. The quantitative estimate of drug-likeness (QED) is 0.539. The number of aliphatic hydroxyl groups is 1. The SMILES string of the molecule is CC(=O)O[C@H]1CN(S(=O)(=O)c2ccc(C)cc2)[C@H]2C[C@@H](O)C=C[C@@]12c1ccc2c(c1)OCO2. The van der Waals surface area contributed by atoms with Gasteiger partial charge in [-0.25, -0.2) is 8.42 Å². The van der Waals surface area contributed by atoms with Gasteiger partial charge in [-0.2, -0.15) is 4.31 Å². The number of rotatable bonds is 4.